The van der Waals surface area contributed by atoms with Gasteiger partial charge in [0.05, 0.1) is 6.61 Å². The van der Waals surface area contributed by atoms with Crippen LogP contribution in [0.3, 0.4) is 0 Å². The number of rotatable bonds is 12. The van der Waals surface area contributed by atoms with Gasteiger partial charge in [-0.25, -0.2) is 0 Å². The Morgan fingerprint density at radius 3 is 2.45 bits per heavy atom. The molecule has 0 aliphatic rings. The van der Waals surface area contributed by atoms with Gasteiger partial charge in [-0.2, -0.15) is 0 Å². The Hall–Kier alpha value is -1.28. The van der Waals surface area contributed by atoms with E-state index in [1.54, 1.807) is 0 Å². The molecular weight excluding hydrogens is 272 g/mol. The second-order valence-electron chi connectivity index (χ2n) is 5.82. The largest absolute Gasteiger partial charge is 0.491 e. The zero-order valence-corrected chi connectivity index (χ0v) is 14.3. The van der Waals surface area contributed by atoms with E-state index in [1.807, 2.05) is 19.1 Å². The number of hydrogen-bond donors (Lipinski definition) is 1. The molecule has 0 spiro atoms. The third kappa shape index (κ3) is 7.65. The van der Waals surface area contributed by atoms with Crippen LogP contribution < -0.4 is 4.74 Å². The smallest absolute Gasteiger partial charge is 0.126 e. The molecular formula is C20H32O2. The Kier molecular flexibility index (Phi) is 10.5. The highest BCUT2D eigenvalue weighted by Crippen LogP contribution is 2.23. The van der Waals surface area contributed by atoms with Crippen LogP contribution in [0.1, 0.15) is 69.9 Å². The molecule has 0 amide bonds. The zero-order chi connectivity index (χ0) is 16.0. The molecule has 0 radical (unpaired) electrons. The SMILES string of the molecule is CC=Cc1cc(CCCCCCCCC)ccc1OCCO. The van der Waals surface area contributed by atoms with Crippen molar-refractivity contribution in [2.24, 2.45) is 0 Å². The summed E-state index contributed by atoms with van der Waals surface area (Å²) < 4.78 is 5.57. The average molecular weight is 304 g/mol. The lowest BCUT2D eigenvalue weighted by atomic mass is 10.0. The van der Waals surface area contributed by atoms with Crippen LogP contribution in [0.5, 0.6) is 5.75 Å². The molecule has 0 bridgehead atoms. The minimum atomic E-state index is 0.0507. The molecule has 0 saturated carbocycles. The maximum Gasteiger partial charge on any atom is 0.126 e. The summed E-state index contributed by atoms with van der Waals surface area (Å²) in [7, 11) is 0. The molecule has 0 aromatic heterocycles. The van der Waals surface area contributed by atoms with E-state index in [9.17, 15) is 0 Å². The molecule has 1 N–H and O–H groups in total. The molecule has 0 aliphatic heterocycles. The van der Waals surface area contributed by atoms with Crippen LogP contribution in [0.4, 0.5) is 0 Å². The number of aliphatic hydroxyl groups is 1. The summed E-state index contributed by atoms with van der Waals surface area (Å²) in [5.74, 6) is 0.857. The number of benzene rings is 1. The van der Waals surface area contributed by atoms with Gasteiger partial charge in [-0.15, -0.1) is 0 Å². The Balaban J connectivity index is 2.41. The first-order chi connectivity index (χ1) is 10.8. The van der Waals surface area contributed by atoms with E-state index >= 15 is 0 Å². The molecule has 1 aromatic rings. The molecule has 0 atom stereocenters. The summed E-state index contributed by atoms with van der Waals surface area (Å²) in [6.45, 7) is 4.67. The highest BCUT2D eigenvalue weighted by Gasteiger charge is 2.03. The van der Waals surface area contributed by atoms with Crippen LogP contribution in [0.25, 0.3) is 6.08 Å². The van der Waals surface area contributed by atoms with E-state index in [4.69, 9.17) is 9.84 Å². The number of allylic oxidation sites excluding steroid dienone is 1. The highest BCUT2D eigenvalue weighted by molar-refractivity contribution is 5.58. The van der Waals surface area contributed by atoms with Gasteiger partial charge in [0.15, 0.2) is 0 Å². The average Bonchev–Trinajstić information content (AvgIpc) is 2.53. The van der Waals surface area contributed by atoms with Crippen LogP contribution >= 0.6 is 0 Å². The number of aryl methyl sites for hydroxylation is 1. The minimum Gasteiger partial charge on any atom is -0.491 e. The van der Waals surface area contributed by atoms with Crippen molar-refractivity contribution in [3.05, 3.63) is 35.4 Å². The topological polar surface area (TPSA) is 29.5 Å². The van der Waals surface area contributed by atoms with E-state index in [2.05, 4.69) is 25.1 Å². The van der Waals surface area contributed by atoms with Crippen LogP contribution in [-0.4, -0.2) is 18.3 Å². The molecule has 2 heteroatoms. The van der Waals surface area contributed by atoms with Gasteiger partial charge in [0, 0.05) is 5.56 Å². The van der Waals surface area contributed by atoms with E-state index in [0.717, 1.165) is 17.7 Å². The van der Waals surface area contributed by atoms with Crippen LogP contribution in [-0.2, 0) is 6.42 Å². The fourth-order valence-corrected chi connectivity index (χ4v) is 2.64. The van der Waals surface area contributed by atoms with Gasteiger partial charge in [-0.05, 0) is 37.5 Å². The highest BCUT2D eigenvalue weighted by atomic mass is 16.5. The van der Waals surface area contributed by atoms with Crippen molar-refractivity contribution in [1.82, 2.24) is 0 Å². The first-order valence-electron chi connectivity index (χ1n) is 8.81. The summed E-state index contributed by atoms with van der Waals surface area (Å²) >= 11 is 0. The van der Waals surface area contributed by atoms with E-state index in [0.29, 0.717) is 6.61 Å². The van der Waals surface area contributed by atoms with Gasteiger partial charge in [0.2, 0.25) is 0 Å². The van der Waals surface area contributed by atoms with E-state index in [1.165, 1.54) is 50.5 Å². The number of hydrogen-bond acceptors (Lipinski definition) is 2. The first-order valence-corrected chi connectivity index (χ1v) is 8.81. The Bertz CT molecular complexity index is 424. The molecule has 0 aliphatic carbocycles. The number of ether oxygens (including phenoxy) is 1. The summed E-state index contributed by atoms with van der Waals surface area (Å²) in [6.07, 6.45) is 14.6. The predicted molar refractivity (Wildman–Crippen MR) is 95.4 cm³/mol. The standard InChI is InChI=1S/C20H32O2/c1-3-5-6-7-8-9-10-12-18-13-14-20(22-16-15-21)19(17-18)11-4-2/h4,11,13-14,17,21H,3,5-10,12,15-16H2,1-2H3. The fourth-order valence-electron chi connectivity index (χ4n) is 2.64. The van der Waals surface area contributed by atoms with Crippen molar-refractivity contribution in [3.63, 3.8) is 0 Å². The van der Waals surface area contributed by atoms with Gasteiger partial charge in [-0.1, -0.05) is 63.7 Å². The molecule has 2 nitrogen and oxygen atoms in total. The van der Waals surface area contributed by atoms with Gasteiger partial charge in [-0.3, -0.25) is 0 Å². The summed E-state index contributed by atoms with van der Waals surface area (Å²) in [5.41, 5.74) is 2.48. The first kappa shape index (κ1) is 18.8. The third-order valence-electron chi connectivity index (χ3n) is 3.84. The van der Waals surface area contributed by atoms with E-state index in [-0.39, 0.29) is 6.61 Å². The van der Waals surface area contributed by atoms with Gasteiger partial charge >= 0.3 is 0 Å². The Morgan fingerprint density at radius 1 is 1.05 bits per heavy atom. The van der Waals surface area contributed by atoms with Crippen LogP contribution in [0, 0.1) is 0 Å². The van der Waals surface area contributed by atoms with E-state index < -0.39 is 0 Å². The lowest BCUT2D eigenvalue weighted by Crippen LogP contribution is -2.03. The van der Waals surface area contributed by atoms with Gasteiger partial charge < -0.3 is 9.84 Å². The molecule has 0 saturated heterocycles. The molecule has 0 fully saturated rings. The Morgan fingerprint density at radius 2 is 1.77 bits per heavy atom. The second-order valence-corrected chi connectivity index (χ2v) is 5.82. The molecule has 1 aromatic carbocycles. The van der Waals surface area contributed by atoms with Crippen molar-refractivity contribution < 1.29 is 9.84 Å². The maximum absolute atomic E-state index is 8.88. The van der Waals surface area contributed by atoms with Gasteiger partial charge in [0.25, 0.3) is 0 Å². The third-order valence-corrected chi connectivity index (χ3v) is 3.84. The second kappa shape index (κ2) is 12.3. The maximum atomic E-state index is 8.88. The zero-order valence-electron chi connectivity index (χ0n) is 14.3. The summed E-state index contributed by atoms with van der Waals surface area (Å²) in [5, 5.41) is 8.88. The lowest BCUT2D eigenvalue weighted by molar-refractivity contribution is 0.201. The Labute approximate surface area is 136 Å². The molecule has 0 heterocycles. The summed E-state index contributed by atoms with van der Waals surface area (Å²) in [4.78, 5) is 0. The number of unbranched alkanes of at least 4 members (excludes halogenated alkanes) is 6. The monoisotopic (exact) mass is 304 g/mol. The van der Waals surface area contributed by atoms with Crippen molar-refractivity contribution >= 4 is 6.08 Å². The van der Waals surface area contributed by atoms with Crippen molar-refractivity contribution in [3.8, 4) is 5.75 Å². The number of aliphatic hydroxyl groups excluding tert-OH is 1. The molecule has 0 unspecified atom stereocenters. The minimum absolute atomic E-state index is 0.0507. The quantitative estimate of drug-likeness (QED) is 0.525. The summed E-state index contributed by atoms with van der Waals surface area (Å²) in [6, 6.07) is 6.39. The fraction of sp³-hybridized carbons (Fsp3) is 0.600. The van der Waals surface area contributed by atoms with Crippen molar-refractivity contribution in [2.45, 2.75) is 65.2 Å². The van der Waals surface area contributed by atoms with Crippen LogP contribution in [0.15, 0.2) is 24.3 Å². The molecule has 1 rings (SSSR count). The molecule has 124 valence electrons. The lowest BCUT2D eigenvalue weighted by Gasteiger charge is -2.10. The predicted octanol–water partition coefficient (Wildman–Crippen LogP) is 5.38. The van der Waals surface area contributed by atoms with Crippen molar-refractivity contribution in [2.75, 3.05) is 13.2 Å². The molecule has 22 heavy (non-hydrogen) atoms. The van der Waals surface area contributed by atoms with Crippen LogP contribution in [0.2, 0.25) is 0 Å². The van der Waals surface area contributed by atoms with Crippen molar-refractivity contribution in [1.29, 1.82) is 0 Å². The van der Waals surface area contributed by atoms with Gasteiger partial charge in [0.1, 0.15) is 12.4 Å². The normalized spacial score (nSPS) is 11.2.